The predicted octanol–water partition coefficient (Wildman–Crippen LogP) is 1.73. The standard InChI is InChI=1S/C15H20N2O4/c1-10-8-19-11(2)7-17(10)15(18)16-6-12-3-4-13-14(5-12)21-9-20-13/h3-5,10-11H,6-9H2,1-2H3,(H,16,18)/t10-,11+/m1/s1. The fourth-order valence-corrected chi connectivity index (χ4v) is 2.52. The molecule has 0 spiro atoms. The number of rotatable bonds is 2. The molecular formula is C15H20N2O4. The minimum Gasteiger partial charge on any atom is -0.454 e. The third kappa shape index (κ3) is 3.05. The zero-order valence-electron chi connectivity index (χ0n) is 12.3. The minimum absolute atomic E-state index is 0.0599. The summed E-state index contributed by atoms with van der Waals surface area (Å²) in [5, 5.41) is 2.95. The molecule has 2 amide bonds. The van der Waals surface area contributed by atoms with Crippen molar-refractivity contribution in [3.05, 3.63) is 23.8 Å². The number of hydrogen-bond acceptors (Lipinski definition) is 4. The Labute approximate surface area is 124 Å². The third-order valence-corrected chi connectivity index (χ3v) is 3.75. The van der Waals surface area contributed by atoms with Crippen LogP contribution in [0.1, 0.15) is 19.4 Å². The molecule has 3 rings (SSSR count). The number of amides is 2. The maximum Gasteiger partial charge on any atom is 0.318 e. The van der Waals surface area contributed by atoms with Crippen molar-refractivity contribution < 1.29 is 19.0 Å². The molecule has 2 heterocycles. The number of nitrogens with one attached hydrogen (secondary N) is 1. The molecule has 0 saturated carbocycles. The molecule has 1 saturated heterocycles. The summed E-state index contributed by atoms with van der Waals surface area (Å²) in [7, 11) is 0. The average molecular weight is 292 g/mol. The van der Waals surface area contributed by atoms with Gasteiger partial charge in [0.1, 0.15) is 0 Å². The molecule has 21 heavy (non-hydrogen) atoms. The smallest absolute Gasteiger partial charge is 0.318 e. The first-order valence-corrected chi connectivity index (χ1v) is 7.18. The van der Waals surface area contributed by atoms with E-state index < -0.39 is 0 Å². The first-order valence-electron chi connectivity index (χ1n) is 7.18. The molecule has 1 aromatic rings. The summed E-state index contributed by atoms with van der Waals surface area (Å²) in [4.78, 5) is 14.1. The summed E-state index contributed by atoms with van der Waals surface area (Å²) >= 11 is 0. The van der Waals surface area contributed by atoms with Crippen molar-refractivity contribution in [2.75, 3.05) is 19.9 Å². The fourth-order valence-electron chi connectivity index (χ4n) is 2.52. The lowest BCUT2D eigenvalue weighted by Gasteiger charge is -2.36. The molecule has 1 fully saturated rings. The van der Waals surface area contributed by atoms with Gasteiger partial charge in [0, 0.05) is 13.1 Å². The first kappa shape index (κ1) is 14.0. The minimum atomic E-state index is -0.0599. The van der Waals surface area contributed by atoms with Gasteiger partial charge in [0.25, 0.3) is 0 Å². The molecule has 0 aromatic heterocycles. The zero-order valence-corrected chi connectivity index (χ0v) is 12.3. The maximum absolute atomic E-state index is 12.3. The van der Waals surface area contributed by atoms with Crippen LogP contribution in [0.4, 0.5) is 4.79 Å². The largest absolute Gasteiger partial charge is 0.454 e. The van der Waals surface area contributed by atoms with Gasteiger partial charge in [-0.2, -0.15) is 0 Å². The van der Waals surface area contributed by atoms with Crippen LogP contribution >= 0.6 is 0 Å². The van der Waals surface area contributed by atoms with Crippen molar-refractivity contribution in [1.29, 1.82) is 0 Å². The van der Waals surface area contributed by atoms with E-state index >= 15 is 0 Å². The lowest BCUT2D eigenvalue weighted by atomic mass is 10.2. The van der Waals surface area contributed by atoms with Gasteiger partial charge in [-0.25, -0.2) is 4.79 Å². The number of hydrogen-bond donors (Lipinski definition) is 1. The van der Waals surface area contributed by atoms with Gasteiger partial charge in [-0.05, 0) is 31.5 Å². The SMILES string of the molecule is C[C@@H]1CO[C@@H](C)CN1C(=O)NCc1ccc2c(c1)OCO2. The lowest BCUT2D eigenvalue weighted by Crippen LogP contribution is -2.53. The topological polar surface area (TPSA) is 60.0 Å². The molecular weight excluding hydrogens is 272 g/mol. The summed E-state index contributed by atoms with van der Waals surface area (Å²) in [6.07, 6.45) is 0.0810. The van der Waals surface area contributed by atoms with Gasteiger partial charge in [0.2, 0.25) is 6.79 Å². The number of ether oxygens (including phenoxy) is 3. The molecule has 0 bridgehead atoms. The second-order valence-corrected chi connectivity index (χ2v) is 5.49. The van der Waals surface area contributed by atoms with E-state index in [0.717, 1.165) is 17.1 Å². The summed E-state index contributed by atoms with van der Waals surface area (Å²) in [6.45, 7) is 5.89. The Morgan fingerprint density at radius 1 is 1.33 bits per heavy atom. The summed E-state index contributed by atoms with van der Waals surface area (Å²) < 4.78 is 16.1. The zero-order chi connectivity index (χ0) is 14.8. The molecule has 2 atom stereocenters. The summed E-state index contributed by atoms with van der Waals surface area (Å²) in [5.41, 5.74) is 0.988. The highest BCUT2D eigenvalue weighted by molar-refractivity contribution is 5.74. The molecule has 0 aliphatic carbocycles. The van der Waals surface area contributed by atoms with Crippen molar-refractivity contribution in [1.82, 2.24) is 10.2 Å². The van der Waals surface area contributed by atoms with Crippen molar-refractivity contribution in [2.24, 2.45) is 0 Å². The Morgan fingerprint density at radius 3 is 3.00 bits per heavy atom. The van der Waals surface area contributed by atoms with E-state index in [-0.39, 0.29) is 25.0 Å². The Hall–Kier alpha value is -1.95. The molecule has 2 aliphatic heterocycles. The van der Waals surface area contributed by atoms with Gasteiger partial charge in [0.05, 0.1) is 18.8 Å². The molecule has 0 unspecified atom stereocenters. The number of benzene rings is 1. The van der Waals surface area contributed by atoms with E-state index in [9.17, 15) is 4.79 Å². The van der Waals surface area contributed by atoms with Crippen molar-refractivity contribution in [2.45, 2.75) is 32.5 Å². The number of urea groups is 1. The van der Waals surface area contributed by atoms with Crippen LogP contribution in [0.5, 0.6) is 11.5 Å². The van der Waals surface area contributed by atoms with Crippen LogP contribution in [0.3, 0.4) is 0 Å². The van der Waals surface area contributed by atoms with Crippen molar-refractivity contribution in [3.8, 4) is 11.5 Å². The summed E-state index contributed by atoms with van der Waals surface area (Å²) in [5.74, 6) is 1.48. The monoisotopic (exact) mass is 292 g/mol. The molecule has 0 radical (unpaired) electrons. The van der Waals surface area contributed by atoms with Gasteiger partial charge in [0.15, 0.2) is 11.5 Å². The Kier molecular flexibility index (Phi) is 3.88. The molecule has 114 valence electrons. The second kappa shape index (κ2) is 5.81. The second-order valence-electron chi connectivity index (χ2n) is 5.49. The quantitative estimate of drug-likeness (QED) is 0.902. The Morgan fingerprint density at radius 2 is 2.14 bits per heavy atom. The van der Waals surface area contributed by atoms with Gasteiger partial charge < -0.3 is 24.4 Å². The molecule has 2 aliphatic rings. The van der Waals surface area contributed by atoms with Crippen molar-refractivity contribution in [3.63, 3.8) is 0 Å². The van der Waals surface area contributed by atoms with Crippen LogP contribution < -0.4 is 14.8 Å². The maximum atomic E-state index is 12.3. The van der Waals surface area contributed by atoms with Gasteiger partial charge in [-0.15, -0.1) is 0 Å². The number of fused-ring (bicyclic) bond motifs is 1. The van der Waals surface area contributed by atoms with E-state index in [1.807, 2.05) is 36.9 Å². The molecule has 1 aromatic carbocycles. The average Bonchev–Trinajstić information content (AvgIpc) is 2.94. The molecule has 1 N–H and O–H groups in total. The van der Waals surface area contributed by atoms with Crippen LogP contribution in [-0.2, 0) is 11.3 Å². The number of morpholine rings is 1. The fraction of sp³-hybridized carbons (Fsp3) is 0.533. The van der Waals surface area contributed by atoms with E-state index in [2.05, 4.69) is 5.32 Å². The van der Waals surface area contributed by atoms with Crippen LogP contribution in [0.2, 0.25) is 0 Å². The van der Waals surface area contributed by atoms with Crippen LogP contribution in [0.25, 0.3) is 0 Å². The highest BCUT2D eigenvalue weighted by Crippen LogP contribution is 2.32. The van der Waals surface area contributed by atoms with E-state index in [4.69, 9.17) is 14.2 Å². The Balaban J connectivity index is 1.58. The van der Waals surface area contributed by atoms with Crippen LogP contribution in [0.15, 0.2) is 18.2 Å². The van der Waals surface area contributed by atoms with E-state index in [0.29, 0.717) is 19.7 Å². The third-order valence-electron chi connectivity index (χ3n) is 3.75. The van der Waals surface area contributed by atoms with Crippen LogP contribution in [-0.4, -0.2) is 43.0 Å². The van der Waals surface area contributed by atoms with Crippen molar-refractivity contribution >= 4 is 6.03 Å². The number of nitrogens with zero attached hydrogens (tertiary/aromatic N) is 1. The molecule has 6 heteroatoms. The highest BCUT2D eigenvalue weighted by atomic mass is 16.7. The lowest BCUT2D eigenvalue weighted by molar-refractivity contribution is -0.0318. The number of carbonyl (C=O) groups is 1. The van der Waals surface area contributed by atoms with E-state index in [1.165, 1.54) is 0 Å². The van der Waals surface area contributed by atoms with Crippen LogP contribution in [0, 0.1) is 0 Å². The highest BCUT2D eigenvalue weighted by Gasteiger charge is 2.27. The van der Waals surface area contributed by atoms with Gasteiger partial charge in [-0.3, -0.25) is 0 Å². The predicted molar refractivity (Wildman–Crippen MR) is 76.4 cm³/mol. The Bertz CT molecular complexity index is 534. The van der Waals surface area contributed by atoms with E-state index in [1.54, 1.807) is 0 Å². The number of carbonyl (C=O) groups excluding carboxylic acids is 1. The van der Waals surface area contributed by atoms with Gasteiger partial charge in [-0.1, -0.05) is 6.07 Å². The normalized spacial score (nSPS) is 24.0. The van der Waals surface area contributed by atoms with Gasteiger partial charge >= 0.3 is 6.03 Å². The summed E-state index contributed by atoms with van der Waals surface area (Å²) in [6, 6.07) is 5.73. The first-order chi connectivity index (χ1) is 10.1. The molecule has 6 nitrogen and oxygen atoms in total.